The minimum Gasteiger partial charge on any atom is -0.218 e. The van der Waals surface area contributed by atoms with E-state index in [1.807, 2.05) is 12.1 Å². The van der Waals surface area contributed by atoms with Crippen LogP contribution in [0.15, 0.2) is 28.0 Å². The van der Waals surface area contributed by atoms with Gasteiger partial charge in [0.05, 0.1) is 9.79 Å². The third-order valence-electron chi connectivity index (χ3n) is 5.88. The molecule has 0 saturated carbocycles. The lowest BCUT2D eigenvalue weighted by atomic mass is 10.0. The van der Waals surface area contributed by atoms with Gasteiger partial charge in [0.25, 0.3) is 0 Å². The molecule has 2 rings (SSSR count). The molecule has 0 saturated heterocycles. The summed E-state index contributed by atoms with van der Waals surface area (Å²) in [5.74, 6) is 0. The van der Waals surface area contributed by atoms with Gasteiger partial charge in [-0.15, -0.1) is 0 Å². The van der Waals surface area contributed by atoms with E-state index in [0.717, 1.165) is 18.4 Å². The lowest BCUT2D eigenvalue weighted by molar-refractivity contribution is 0.529. The molecular formula is C24H40O2S. The van der Waals surface area contributed by atoms with Gasteiger partial charge in [0, 0.05) is 0 Å². The Labute approximate surface area is 168 Å². The average molecular weight is 393 g/mol. The Balaban J connectivity index is 1.33. The quantitative estimate of drug-likeness (QED) is 0.205. The van der Waals surface area contributed by atoms with Crippen LogP contribution in [-0.2, 0) is 16.3 Å². The van der Waals surface area contributed by atoms with Crippen LogP contribution in [0.4, 0.5) is 0 Å². The maximum absolute atomic E-state index is 11.7. The first-order valence-corrected chi connectivity index (χ1v) is 13.0. The molecule has 0 aliphatic carbocycles. The summed E-state index contributed by atoms with van der Waals surface area (Å²) in [6.07, 6.45) is 22.8. The molecular weight excluding hydrogens is 352 g/mol. The molecule has 154 valence electrons. The van der Waals surface area contributed by atoms with Crippen LogP contribution >= 0.6 is 0 Å². The van der Waals surface area contributed by atoms with Crippen molar-refractivity contribution in [3.05, 3.63) is 23.8 Å². The van der Waals surface area contributed by atoms with Gasteiger partial charge in [-0.25, -0.2) is 8.42 Å². The summed E-state index contributed by atoms with van der Waals surface area (Å²) in [4.78, 5) is 1.20. The number of hydrogen-bond acceptors (Lipinski definition) is 2. The molecule has 0 fully saturated rings. The third-order valence-corrected chi connectivity index (χ3v) is 7.61. The van der Waals surface area contributed by atoms with Crippen molar-refractivity contribution in [3.63, 3.8) is 0 Å². The summed E-state index contributed by atoms with van der Waals surface area (Å²) in [5.41, 5.74) is 1.04. The first-order valence-electron chi connectivity index (χ1n) is 11.5. The summed E-state index contributed by atoms with van der Waals surface area (Å²) in [6, 6.07) is 5.58. The van der Waals surface area contributed by atoms with Gasteiger partial charge in [0.15, 0.2) is 0 Å². The summed E-state index contributed by atoms with van der Waals surface area (Å²) in [7, 11) is -2.98. The topological polar surface area (TPSA) is 34.1 Å². The van der Waals surface area contributed by atoms with Crippen molar-refractivity contribution in [3.8, 4) is 0 Å². The Morgan fingerprint density at radius 1 is 0.630 bits per heavy atom. The lowest BCUT2D eigenvalue weighted by Crippen LogP contribution is -1.87. The van der Waals surface area contributed by atoms with Gasteiger partial charge in [0.2, 0.25) is 9.84 Å². The predicted molar refractivity (Wildman–Crippen MR) is 115 cm³/mol. The molecule has 27 heavy (non-hydrogen) atoms. The number of fused-ring (bicyclic) bond motifs is 1. The highest BCUT2D eigenvalue weighted by Crippen LogP contribution is 2.43. The molecule has 0 aromatic heterocycles. The van der Waals surface area contributed by atoms with Gasteiger partial charge < -0.3 is 0 Å². The molecule has 0 amide bonds. The maximum Gasteiger partial charge on any atom is 0.209 e. The van der Waals surface area contributed by atoms with E-state index >= 15 is 0 Å². The Morgan fingerprint density at radius 2 is 1.07 bits per heavy atom. The molecule has 1 aromatic carbocycles. The molecule has 1 aliphatic heterocycles. The molecule has 0 radical (unpaired) electrons. The second-order valence-corrected chi connectivity index (χ2v) is 10.2. The Bertz CT molecular complexity index is 634. The van der Waals surface area contributed by atoms with E-state index in [0.29, 0.717) is 9.79 Å². The molecule has 0 bridgehead atoms. The van der Waals surface area contributed by atoms with Crippen LogP contribution in [-0.4, -0.2) is 8.42 Å². The molecule has 0 unspecified atom stereocenters. The number of sulfone groups is 1. The molecule has 3 heteroatoms. The molecule has 1 aromatic rings. The number of benzene rings is 1. The van der Waals surface area contributed by atoms with E-state index < -0.39 is 9.84 Å². The number of rotatable bonds is 17. The molecule has 0 spiro atoms. The normalized spacial score (nSPS) is 14.3. The van der Waals surface area contributed by atoms with Crippen LogP contribution in [0.5, 0.6) is 0 Å². The van der Waals surface area contributed by atoms with Crippen molar-refractivity contribution < 1.29 is 8.42 Å². The van der Waals surface area contributed by atoms with Gasteiger partial charge in [-0.2, -0.15) is 0 Å². The van der Waals surface area contributed by atoms with Gasteiger partial charge in [-0.05, 0) is 24.5 Å². The predicted octanol–water partition coefficient (Wildman–Crippen LogP) is 7.64. The molecule has 1 aliphatic rings. The minimum absolute atomic E-state index is 0.566. The monoisotopic (exact) mass is 392 g/mol. The van der Waals surface area contributed by atoms with Crippen molar-refractivity contribution in [2.45, 2.75) is 126 Å². The molecule has 2 nitrogen and oxygen atoms in total. The van der Waals surface area contributed by atoms with Crippen molar-refractivity contribution in [2.24, 2.45) is 0 Å². The van der Waals surface area contributed by atoms with Crippen molar-refractivity contribution in [1.82, 2.24) is 0 Å². The Kier molecular flexibility index (Phi) is 10.5. The fourth-order valence-electron chi connectivity index (χ4n) is 4.09. The smallest absolute Gasteiger partial charge is 0.209 e. The summed E-state index contributed by atoms with van der Waals surface area (Å²) in [5, 5.41) is 0. The van der Waals surface area contributed by atoms with E-state index in [2.05, 4.69) is 6.92 Å². The number of hydrogen-bond donors (Lipinski definition) is 0. The summed E-state index contributed by atoms with van der Waals surface area (Å²) < 4.78 is 23.4. The highest BCUT2D eigenvalue weighted by Gasteiger charge is 2.41. The zero-order valence-electron chi connectivity index (χ0n) is 17.5. The van der Waals surface area contributed by atoms with Crippen LogP contribution in [0.1, 0.15) is 115 Å². The SMILES string of the molecule is CCCCCCCCCCCCCCCCCCc1cccc2c1S2(=O)=O. The van der Waals surface area contributed by atoms with Gasteiger partial charge >= 0.3 is 0 Å². The second-order valence-electron chi connectivity index (χ2n) is 8.30. The highest BCUT2D eigenvalue weighted by atomic mass is 32.2. The molecule has 1 heterocycles. The fourth-order valence-corrected chi connectivity index (χ4v) is 5.68. The van der Waals surface area contributed by atoms with Gasteiger partial charge in [-0.3, -0.25) is 0 Å². The van der Waals surface area contributed by atoms with Crippen LogP contribution in [0.2, 0.25) is 0 Å². The standard InChI is InChI=1S/C24H40O2S/c1-2-3-4-5-6-7-8-9-10-11-12-13-14-15-16-17-19-22-20-18-21-23-24(22)27(23,25)26/h18,20-21H,2-17,19H2,1H3. The molecule has 0 atom stereocenters. The van der Waals surface area contributed by atoms with Crippen LogP contribution < -0.4 is 0 Å². The summed E-state index contributed by atoms with van der Waals surface area (Å²) >= 11 is 0. The van der Waals surface area contributed by atoms with E-state index in [1.54, 1.807) is 6.07 Å². The zero-order chi connectivity index (χ0) is 19.4. The first-order chi connectivity index (χ1) is 13.2. The van der Waals surface area contributed by atoms with Crippen molar-refractivity contribution in [2.75, 3.05) is 0 Å². The van der Waals surface area contributed by atoms with Crippen molar-refractivity contribution in [1.29, 1.82) is 0 Å². The minimum atomic E-state index is -2.98. The van der Waals surface area contributed by atoms with E-state index in [9.17, 15) is 8.42 Å². The van der Waals surface area contributed by atoms with Crippen molar-refractivity contribution >= 4 is 9.84 Å². The molecule has 0 N–H and O–H groups in total. The zero-order valence-corrected chi connectivity index (χ0v) is 18.3. The average Bonchev–Trinajstić information content (AvgIpc) is 3.24. The Hall–Kier alpha value is -0.830. The van der Waals surface area contributed by atoms with Gasteiger partial charge in [0.1, 0.15) is 0 Å². The van der Waals surface area contributed by atoms with E-state index in [-0.39, 0.29) is 0 Å². The summed E-state index contributed by atoms with van der Waals surface area (Å²) in [6.45, 7) is 2.28. The third kappa shape index (κ3) is 7.97. The fraction of sp³-hybridized carbons (Fsp3) is 0.750. The largest absolute Gasteiger partial charge is 0.218 e. The second kappa shape index (κ2) is 12.6. The highest BCUT2D eigenvalue weighted by molar-refractivity contribution is 7.97. The maximum atomic E-state index is 11.7. The Morgan fingerprint density at radius 3 is 1.56 bits per heavy atom. The van der Waals surface area contributed by atoms with Crippen LogP contribution in [0.3, 0.4) is 0 Å². The van der Waals surface area contributed by atoms with E-state index in [1.165, 1.54) is 96.3 Å². The first kappa shape index (κ1) is 22.5. The number of unbranched alkanes of at least 4 members (excludes halogenated alkanes) is 15. The van der Waals surface area contributed by atoms with E-state index in [4.69, 9.17) is 0 Å². The van der Waals surface area contributed by atoms with Gasteiger partial charge in [-0.1, -0.05) is 115 Å². The number of aryl methyl sites for hydroxylation is 1. The van der Waals surface area contributed by atoms with Crippen LogP contribution in [0, 0.1) is 0 Å². The lowest BCUT2D eigenvalue weighted by Gasteiger charge is -2.04. The van der Waals surface area contributed by atoms with Crippen LogP contribution in [0.25, 0.3) is 0 Å².